The zero-order chi connectivity index (χ0) is 16.9. The van der Waals surface area contributed by atoms with Crippen molar-refractivity contribution in [1.29, 1.82) is 0 Å². The van der Waals surface area contributed by atoms with Gasteiger partial charge in [-0.1, -0.05) is 0 Å². The lowest BCUT2D eigenvalue weighted by molar-refractivity contribution is -0.368. The van der Waals surface area contributed by atoms with Gasteiger partial charge in [-0.25, -0.2) is 0 Å². The average Bonchev–Trinajstić information content (AvgIpc) is 2.70. The lowest BCUT2D eigenvalue weighted by atomic mass is 10.2. The first-order chi connectivity index (χ1) is 9.18. The molecule has 0 amide bonds. The Morgan fingerprint density at radius 3 is 1.71 bits per heavy atom. The third-order valence-corrected chi connectivity index (χ3v) is 2.56. The van der Waals surface area contributed by atoms with Gasteiger partial charge in [0, 0.05) is 6.54 Å². The topological polar surface area (TPSA) is 18.8 Å². The maximum absolute atomic E-state index is 13.3. The van der Waals surface area contributed by atoms with Crippen molar-refractivity contribution in [2.75, 3.05) is 6.54 Å². The Balaban J connectivity index is 3.31. The molecule has 124 valence electrons. The molecule has 0 aromatic heterocycles. The zero-order valence-corrected chi connectivity index (χ0v) is 9.98. The van der Waals surface area contributed by atoms with Gasteiger partial charge in [0.05, 0.1) is 0 Å². The van der Waals surface area contributed by atoms with E-state index in [0.29, 0.717) is 0 Å². The number of hydrogen-bond acceptors (Lipinski definition) is 3. The smallest absolute Gasteiger partial charge is 0.267 e. The third kappa shape index (κ3) is 2.69. The Bertz CT molecular complexity index is 412. The summed E-state index contributed by atoms with van der Waals surface area (Å²) in [5, 5.41) is 2.55. The maximum Gasteiger partial charge on any atom is 0.475 e. The summed E-state index contributed by atoms with van der Waals surface area (Å²) in [6, 6.07) is -5.94. The molecule has 0 N–H and O–H groups in total. The standard InChI is InChI=1S/C8H7F10N3/c1-2-21-4(5(9,10)6(11,12)13)20(3-19-21)8(17,18)7(14,15)16/h3-4H,2H2,1H3. The van der Waals surface area contributed by atoms with Crippen molar-refractivity contribution in [3.8, 4) is 0 Å². The number of hydrogen-bond donors (Lipinski definition) is 0. The van der Waals surface area contributed by atoms with Gasteiger partial charge in [0.2, 0.25) is 0 Å². The first-order valence-corrected chi connectivity index (χ1v) is 5.16. The molecule has 1 rings (SSSR count). The first kappa shape index (κ1) is 17.6. The molecule has 1 aliphatic rings. The summed E-state index contributed by atoms with van der Waals surface area (Å²) in [4.78, 5) is -1.44. The van der Waals surface area contributed by atoms with Crippen molar-refractivity contribution in [1.82, 2.24) is 9.91 Å². The molecule has 13 heteroatoms. The second kappa shape index (κ2) is 4.80. The van der Waals surface area contributed by atoms with Gasteiger partial charge in [-0.05, 0) is 6.92 Å². The molecule has 3 nitrogen and oxygen atoms in total. The van der Waals surface area contributed by atoms with Gasteiger partial charge in [-0.2, -0.15) is 49.0 Å². The molecule has 1 aliphatic heterocycles. The monoisotopic (exact) mass is 335 g/mol. The minimum absolute atomic E-state index is 0.201. The molecule has 0 bridgehead atoms. The van der Waals surface area contributed by atoms with Crippen LogP contribution in [-0.2, 0) is 0 Å². The Hall–Kier alpha value is -1.43. The Morgan fingerprint density at radius 1 is 0.905 bits per heavy atom. The summed E-state index contributed by atoms with van der Waals surface area (Å²) in [5.74, 6) is -5.87. The molecule has 1 atom stereocenters. The quantitative estimate of drug-likeness (QED) is 0.582. The molecule has 0 spiro atoms. The summed E-state index contributed by atoms with van der Waals surface area (Å²) in [6.07, 6.45) is -16.7. The van der Waals surface area contributed by atoms with Crippen molar-refractivity contribution < 1.29 is 43.9 Å². The van der Waals surface area contributed by atoms with Gasteiger partial charge in [-0.15, -0.1) is 0 Å². The summed E-state index contributed by atoms with van der Waals surface area (Å²) in [6.45, 7) is 0.225. The zero-order valence-electron chi connectivity index (χ0n) is 9.98. The van der Waals surface area contributed by atoms with Crippen LogP contribution >= 0.6 is 0 Å². The fourth-order valence-electron chi connectivity index (χ4n) is 1.53. The average molecular weight is 335 g/mol. The van der Waals surface area contributed by atoms with E-state index < -0.39 is 41.9 Å². The van der Waals surface area contributed by atoms with Gasteiger partial charge in [0.1, 0.15) is 6.34 Å². The van der Waals surface area contributed by atoms with E-state index in [1.165, 1.54) is 0 Å². The Morgan fingerprint density at radius 2 is 1.38 bits per heavy atom. The molecule has 0 saturated heterocycles. The lowest BCUT2D eigenvalue weighted by Gasteiger charge is -2.39. The summed E-state index contributed by atoms with van der Waals surface area (Å²) < 4.78 is 126. The van der Waals surface area contributed by atoms with Crippen LogP contribution in [0.25, 0.3) is 0 Å². The predicted octanol–water partition coefficient (Wildman–Crippen LogP) is 3.25. The maximum atomic E-state index is 13.3. The van der Waals surface area contributed by atoms with Gasteiger partial charge in [0.15, 0.2) is 6.17 Å². The molecule has 0 saturated carbocycles. The van der Waals surface area contributed by atoms with Crippen LogP contribution in [0.1, 0.15) is 6.92 Å². The molecule has 1 unspecified atom stereocenters. The van der Waals surface area contributed by atoms with E-state index in [1.54, 1.807) is 0 Å². The molecular weight excluding hydrogens is 328 g/mol. The van der Waals surface area contributed by atoms with Gasteiger partial charge in [-0.3, -0.25) is 9.91 Å². The predicted molar refractivity (Wildman–Crippen MR) is 48.5 cm³/mol. The van der Waals surface area contributed by atoms with E-state index in [1.807, 2.05) is 0 Å². The molecule has 1 heterocycles. The number of rotatable bonds is 3. The van der Waals surface area contributed by atoms with E-state index in [2.05, 4.69) is 5.10 Å². The highest BCUT2D eigenvalue weighted by Crippen LogP contribution is 2.47. The largest absolute Gasteiger partial charge is 0.475 e. The second-order valence-corrected chi connectivity index (χ2v) is 3.93. The van der Waals surface area contributed by atoms with Gasteiger partial charge in [0.25, 0.3) is 0 Å². The van der Waals surface area contributed by atoms with Crippen molar-refractivity contribution in [3.63, 3.8) is 0 Å². The minimum Gasteiger partial charge on any atom is -0.267 e. The van der Waals surface area contributed by atoms with Gasteiger partial charge >= 0.3 is 24.3 Å². The van der Waals surface area contributed by atoms with Crippen molar-refractivity contribution in [2.45, 2.75) is 37.4 Å². The van der Waals surface area contributed by atoms with Gasteiger partial charge < -0.3 is 0 Å². The highest BCUT2D eigenvalue weighted by molar-refractivity contribution is 5.58. The lowest BCUT2D eigenvalue weighted by Crippen LogP contribution is -2.65. The van der Waals surface area contributed by atoms with E-state index in [0.717, 1.165) is 6.92 Å². The first-order valence-electron chi connectivity index (χ1n) is 5.16. The second-order valence-electron chi connectivity index (χ2n) is 3.93. The SMILES string of the molecule is CCN1N=CN(C(F)(F)C(F)(F)F)C1C(F)(F)C(F)(F)F. The van der Waals surface area contributed by atoms with Crippen LogP contribution in [-0.4, -0.2) is 53.3 Å². The number of halogens is 10. The van der Waals surface area contributed by atoms with Crippen molar-refractivity contribution >= 4 is 6.34 Å². The molecular formula is C8H7F10N3. The number of alkyl halides is 10. The van der Waals surface area contributed by atoms with Crippen LogP contribution in [0.5, 0.6) is 0 Å². The van der Waals surface area contributed by atoms with Crippen LogP contribution in [0.2, 0.25) is 0 Å². The van der Waals surface area contributed by atoms with Crippen LogP contribution in [0.15, 0.2) is 5.10 Å². The van der Waals surface area contributed by atoms with E-state index in [-0.39, 0.29) is 11.3 Å². The molecule has 0 aliphatic carbocycles. The highest BCUT2D eigenvalue weighted by atomic mass is 19.4. The minimum atomic E-state index is -6.36. The van der Waals surface area contributed by atoms with Crippen LogP contribution < -0.4 is 0 Å². The third-order valence-electron chi connectivity index (χ3n) is 2.56. The Kier molecular flexibility index (Phi) is 4.03. The van der Waals surface area contributed by atoms with Crippen LogP contribution in [0.4, 0.5) is 43.9 Å². The fourth-order valence-corrected chi connectivity index (χ4v) is 1.53. The van der Waals surface area contributed by atoms with Crippen LogP contribution in [0.3, 0.4) is 0 Å². The summed E-state index contributed by atoms with van der Waals surface area (Å²) in [7, 11) is 0. The molecule has 0 aromatic carbocycles. The van der Waals surface area contributed by atoms with E-state index >= 15 is 0 Å². The normalized spacial score (nSPS) is 21.4. The molecule has 0 fully saturated rings. The fraction of sp³-hybridized carbons (Fsp3) is 0.875. The van der Waals surface area contributed by atoms with E-state index in [9.17, 15) is 43.9 Å². The van der Waals surface area contributed by atoms with Crippen molar-refractivity contribution in [3.05, 3.63) is 0 Å². The summed E-state index contributed by atoms with van der Waals surface area (Å²) >= 11 is 0. The summed E-state index contributed by atoms with van der Waals surface area (Å²) in [5.41, 5.74) is 0. The van der Waals surface area contributed by atoms with E-state index in [4.69, 9.17) is 0 Å². The number of hydrazone groups is 1. The molecule has 0 radical (unpaired) electrons. The van der Waals surface area contributed by atoms with Crippen molar-refractivity contribution in [2.24, 2.45) is 5.10 Å². The molecule has 21 heavy (non-hydrogen) atoms. The highest BCUT2D eigenvalue weighted by Gasteiger charge is 2.73. The number of nitrogens with zero attached hydrogens (tertiary/aromatic N) is 3. The molecule has 0 aromatic rings. The Labute approximate surface area is 110 Å². The van der Waals surface area contributed by atoms with Crippen LogP contribution in [0, 0.1) is 0 Å².